The first-order chi connectivity index (χ1) is 7.84. The molecule has 4 heteroatoms. The van der Waals surface area contributed by atoms with Crippen LogP contribution in [-0.2, 0) is 0 Å². The Bertz CT molecular complexity index is 455. The number of halogens is 1. The highest BCUT2D eigenvalue weighted by molar-refractivity contribution is 6.21. The van der Waals surface area contributed by atoms with E-state index >= 15 is 0 Å². The fourth-order valence-corrected chi connectivity index (χ4v) is 1.80. The van der Waals surface area contributed by atoms with Crippen LogP contribution in [0.1, 0.15) is 41.5 Å². The number of carbonyl (C=O) groups excluding carboxylic acids is 2. The monoisotopic (exact) mass is 235 g/mol. The Hall–Kier alpha value is -1.71. The van der Waals surface area contributed by atoms with Crippen LogP contribution in [0.15, 0.2) is 24.3 Å². The number of fused-ring (bicyclic) bond motifs is 1. The van der Waals surface area contributed by atoms with E-state index in [1.165, 1.54) is 0 Å². The van der Waals surface area contributed by atoms with Crippen molar-refractivity contribution >= 4 is 11.8 Å². The van der Waals surface area contributed by atoms with Crippen LogP contribution >= 0.6 is 0 Å². The van der Waals surface area contributed by atoms with Crippen LogP contribution < -0.4 is 0 Å². The lowest BCUT2D eigenvalue weighted by Gasteiger charge is -2.29. The SMILES string of the molecule is CC(C)(C)C(F)N1C(=O)c2ccccc2C1=O. The number of alkyl halides is 1. The van der Waals surface area contributed by atoms with E-state index in [4.69, 9.17) is 0 Å². The number of hydrogen-bond donors (Lipinski definition) is 0. The molecule has 90 valence electrons. The zero-order valence-corrected chi connectivity index (χ0v) is 10.0. The Morgan fingerprint density at radius 1 is 1.06 bits per heavy atom. The molecule has 1 aliphatic rings. The van der Waals surface area contributed by atoms with E-state index in [2.05, 4.69) is 0 Å². The van der Waals surface area contributed by atoms with Crippen LogP contribution in [0.3, 0.4) is 0 Å². The van der Waals surface area contributed by atoms with Crippen molar-refractivity contribution in [2.24, 2.45) is 5.41 Å². The molecule has 0 spiro atoms. The minimum absolute atomic E-state index is 0.282. The first kappa shape index (κ1) is 11.8. The van der Waals surface area contributed by atoms with Gasteiger partial charge in [0.25, 0.3) is 11.8 Å². The van der Waals surface area contributed by atoms with E-state index in [1.807, 2.05) is 0 Å². The molecule has 1 aliphatic heterocycles. The fourth-order valence-electron chi connectivity index (χ4n) is 1.80. The largest absolute Gasteiger partial charge is 0.268 e. The Morgan fingerprint density at radius 2 is 1.47 bits per heavy atom. The third-order valence-electron chi connectivity index (χ3n) is 2.77. The van der Waals surface area contributed by atoms with Gasteiger partial charge < -0.3 is 0 Å². The molecule has 0 aliphatic carbocycles. The van der Waals surface area contributed by atoms with Gasteiger partial charge in [-0.15, -0.1) is 0 Å². The predicted octanol–water partition coefficient (Wildman–Crippen LogP) is 2.62. The van der Waals surface area contributed by atoms with Gasteiger partial charge in [0.15, 0.2) is 6.30 Å². The standard InChI is InChI=1S/C13H14FNO2/c1-13(2,3)12(14)15-10(16)8-6-4-5-7-9(8)11(15)17/h4-7,12H,1-3H3. The third kappa shape index (κ3) is 1.73. The first-order valence-electron chi connectivity index (χ1n) is 5.45. The van der Waals surface area contributed by atoms with Gasteiger partial charge in [0.2, 0.25) is 0 Å². The summed E-state index contributed by atoms with van der Waals surface area (Å²) in [6.07, 6.45) is -1.62. The summed E-state index contributed by atoms with van der Waals surface area (Å²) in [4.78, 5) is 24.6. The van der Waals surface area contributed by atoms with Crippen molar-refractivity contribution in [3.05, 3.63) is 35.4 Å². The lowest BCUT2D eigenvalue weighted by Crippen LogP contribution is -2.44. The molecular formula is C13H14FNO2. The maximum atomic E-state index is 14.2. The Kier molecular flexibility index (Phi) is 2.53. The summed E-state index contributed by atoms with van der Waals surface area (Å²) in [5, 5.41) is 0. The van der Waals surface area contributed by atoms with Crippen LogP contribution in [0, 0.1) is 5.41 Å². The van der Waals surface area contributed by atoms with E-state index < -0.39 is 23.5 Å². The molecule has 1 unspecified atom stereocenters. The number of carbonyl (C=O) groups is 2. The predicted molar refractivity (Wildman–Crippen MR) is 61.3 cm³/mol. The summed E-state index contributed by atoms with van der Waals surface area (Å²) in [5.41, 5.74) is -0.221. The topological polar surface area (TPSA) is 37.4 Å². The molecule has 0 saturated carbocycles. The number of imide groups is 1. The maximum Gasteiger partial charge on any atom is 0.263 e. The molecule has 3 nitrogen and oxygen atoms in total. The summed E-state index contributed by atoms with van der Waals surface area (Å²) in [6, 6.07) is 6.42. The molecule has 0 N–H and O–H groups in total. The molecule has 1 aromatic rings. The van der Waals surface area contributed by atoms with E-state index in [0.29, 0.717) is 4.90 Å². The highest BCUT2D eigenvalue weighted by atomic mass is 19.1. The van der Waals surface area contributed by atoms with E-state index in [-0.39, 0.29) is 11.1 Å². The fraction of sp³-hybridized carbons (Fsp3) is 0.385. The average molecular weight is 235 g/mol. The van der Waals surface area contributed by atoms with Gasteiger partial charge in [0, 0.05) is 5.41 Å². The van der Waals surface area contributed by atoms with Gasteiger partial charge in [-0.05, 0) is 12.1 Å². The zero-order valence-electron chi connectivity index (χ0n) is 10.0. The van der Waals surface area contributed by atoms with Crippen LogP contribution in [0.4, 0.5) is 4.39 Å². The second kappa shape index (κ2) is 3.65. The second-order valence-corrected chi connectivity index (χ2v) is 5.23. The van der Waals surface area contributed by atoms with Crippen molar-refractivity contribution in [2.45, 2.75) is 27.1 Å². The van der Waals surface area contributed by atoms with Crippen LogP contribution in [0.2, 0.25) is 0 Å². The van der Waals surface area contributed by atoms with Crippen molar-refractivity contribution in [1.29, 1.82) is 0 Å². The zero-order chi connectivity index (χ0) is 12.8. The van der Waals surface area contributed by atoms with E-state index in [0.717, 1.165) is 0 Å². The molecule has 17 heavy (non-hydrogen) atoms. The third-order valence-corrected chi connectivity index (χ3v) is 2.77. The van der Waals surface area contributed by atoms with Crippen molar-refractivity contribution in [3.63, 3.8) is 0 Å². The molecule has 1 heterocycles. The molecule has 0 saturated heterocycles. The molecule has 0 aromatic heterocycles. The average Bonchev–Trinajstić information content (AvgIpc) is 2.51. The quantitative estimate of drug-likeness (QED) is 0.554. The minimum atomic E-state index is -1.62. The highest BCUT2D eigenvalue weighted by Gasteiger charge is 2.44. The summed E-state index contributed by atoms with van der Waals surface area (Å²) in [5.74, 6) is -1.10. The maximum absolute atomic E-state index is 14.2. The van der Waals surface area contributed by atoms with Crippen molar-refractivity contribution in [1.82, 2.24) is 4.90 Å². The minimum Gasteiger partial charge on any atom is -0.268 e. The van der Waals surface area contributed by atoms with Crippen molar-refractivity contribution in [3.8, 4) is 0 Å². The first-order valence-corrected chi connectivity index (χ1v) is 5.45. The lowest BCUT2D eigenvalue weighted by molar-refractivity contribution is 0.00919. The van der Waals surface area contributed by atoms with E-state index in [9.17, 15) is 14.0 Å². The van der Waals surface area contributed by atoms with Gasteiger partial charge in [-0.3, -0.25) is 9.59 Å². The number of nitrogens with zero attached hydrogens (tertiary/aromatic N) is 1. The van der Waals surface area contributed by atoms with Crippen LogP contribution in [-0.4, -0.2) is 23.0 Å². The van der Waals surface area contributed by atoms with E-state index in [1.54, 1.807) is 45.0 Å². The Morgan fingerprint density at radius 3 is 1.82 bits per heavy atom. The van der Waals surface area contributed by atoms with Gasteiger partial charge in [-0.1, -0.05) is 32.9 Å². The Balaban J connectivity index is 2.44. The van der Waals surface area contributed by atoms with Gasteiger partial charge in [-0.2, -0.15) is 0 Å². The molecule has 2 amide bonds. The van der Waals surface area contributed by atoms with Crippen LogP contribution in [0.25, 0.3) is 0 Å². The normalized spacial score (nSPS) is 17.3. The van der Waals surface area contributed by atoms with Gasteiger partial charge >= 0.3 is 0 Å². The highest BCUT2D eigenvalue weighted by Crippen LogP contribution is 2.32. The van der Waals surface area contributed by atoms with Crippen molar-refractivity contribution < 1.29 is 14.0 Å². The molecule has 0 fully saturated rings. The molecule has 2 rings (SSSR count). The number of amides is 2. The van der Waals surface area contributed by atoms with Gasteiger partial charge in [-0.25, -0.2) is 9.29 Å². The number of rotatable bonds is 1. The molecule has 0 bridgehead atoms. The molecule has 1 atom stereocenters. The molecular weight excluding hydrogens is 221 g/mol. The van der Waals surface area contributed by atoms with Gasteiger partial charge in [0.1, 0.15) is 0 Å². The second-order valence-electron chi connectivity index (χ2n) is 5.23. The summed E-state index contributed by atoms with van der Waals surface area (Å²) in [7, 11) is 0. The Labute approximate surface area is 99.2 Å². The summed E-state index contributed by atoms with van der Waals surface area (Å²) < 4.78 is 14.2. The van der Waals surface area contributed by atoms with Crippen molar-refractivity contribution in [2.75, 3.05) is 0 Å². The number of benzene rings is 1. The summed E-state index contributed by atoms with van der Waals surface area (Å²) >= 11 is 0. The van der Waals surface area contributed by atoms with Crippen LogP contribution in [0.5, 0.6) is 0 Å². The number of hydrogen-bond acceptors (Lipinski definition) is 2. The molecule has 0 radical (unpaired) electrons. The molecule has 1 aromatic carbocycles. The lowest BCUT2D eigenvalue weighted by atomic mass is 9.94. The summed E-state index contributed by atoms with van der Waals surface area (Å²) in [6.45, 7) is 4.96. The smallest absolute Gasteiger partial charge is 0.263 e. The van der Waals surface area contributed by atoms with Gasteiger partial charge in [0.05, 0.1) is 11.1 Å².